The Morgan fingerprint density at radius 2 is 1.78 bits per heavy atom. The third-order valence-electron chi connectivity index (χ3n) is 4.47. The van der Waals surface area contributed by atoms with E-state index in [-0.39, 0.29) is 17.8 Å². The zero-order chi connectivity index (χ0) is 19.1. The van der Waals surface area contributed by atoms with Crippen molar-refractivity contribution in [3.63, 3.8) is 0 Å². The number of carbonyl (C=O) groups excluding carboxylic acids is 2. The molecule has 2 heterocycles. The number of hydrogen-bond donors (Lipinski definition) is 2. The number of benzene rings is 1. The highest BCUT2D eigenvalue weighted by atomic mass is 32.1. The predicted molar refractivity (Wildman–Crippen MR) is 103 cm³/mol. The molecule has 1 fully saturated rings. The van der Waals surface area contributed by atoms with Crippen LogP contribution in [-0.4, -0.2) is 61.0 Å². The molecule has 0 spiro atoms. The van der Waals surface area contributed by atoms with Gasteiger partial charge in [-0.3, -0.25) is 9.69 Å². The molecule has 0 atom stereocenters. The molecule has 3 amide bonds. The first-order valence-corrected chi connectivity index (χ1v) is 9.81. The van der Waals surface area contributed by atoms with Crippen LogP contribution < -0.4 is 10.6 Å². The Kier molecular flexibility index (Phi) is 6.78. The summed E-state index contributed by atoms with van der Waals surface area (Å²) >= 11 is 1.47. The average Bonchev–Trinajstić information content (AvgIpc) is 3.22. The van der Waals surface area contributed by atoms with Gasteiger partial charge in [-0.25, -0.2) is 9.18 Å². The van der Waals surface area contributed by atoms with Crippen LogP contribution in [0.3, 0.4) is 0 Å². The molecule has 3 rings (SSSR count). The Morgan fingerprint density at radius 3 is 2.44 bits per heavy atom. The number of carbonyl (C=O) groups is 2. The summed E-state index contributed by atoms with van der Waals surface area (Å²) in [7, 11) is 0. The van der Waals surface area contributed by atoms with Gasteiger partial charge in [-0.15, -0.1) is 11.3 Å². The molecule has 1 aliphatic rings. The number of nitrogens with one attached hydrogen (secondary N) is 2. The van der Waals surface area contributed by atoms with E-state index in [1.165, 1.54) is 23.5 Å². The number of rotatable bonds is 6. The van der Waals surface area contributed by atoms with Crippen LogP contribution in [0.1, 0.15) is 15.2 Å². The number of halogens is 1. The summed E-state index contributed by atoms with van der Waals surface area (Å²) in [6, 6.07) is 9.54. The van der Waals surface area contributed by atoms with Crippen molar-refractivity contribution < 1.29 is 14.0 Å². The molecule has 0 aliphatic carbocycles. The lowest BCUT2D eigenvalue weighted by Gasteiger charge is -2.34. The van der Waals surface area contributed by atoms with Crippen LogP contribution in [0.15, 0.2) is 41.8 Å². The van der Waals surface area contributed by atoms with Crippen molar-refractivity contribution in [2.24, 2.45) is 0 Å². The molecule has 2 N–H and O–H groups in total. The average molecular weight is 390 g/mol. The van der Waals surface area contributed by atoms with E-state index in [0.29, 0.717) is 26.2 Å². The van der Waals surface area contributed by atoms with E-state index < -0.39 is 0 Å². The largest absolute Gasteiger partial charge is 0.337 e. The van der Waals surface area contributed by atoms with E-state index in [4.69, 9.17) is 0 Å². The number of amides is 3. The normalized spacial score (nSPS) is 14.8. The van der Waals surface area contributed by atoms with Crippen molar-refractivity contribution in [3.8, 4) is 0 Å². The molecule has 8 heteroatoms. The number of hydrogen-bond acceptors (Lipinski definition) is 4. The molecule has 0 bridgehead atoms. The molecule has 27 heavy (non-hydrogen) atoms. The minimum Gasteiger partial charge on any atom is -0.337 e. The summed E-state index contributed by atoms with van der Waals surface area (Å²) in [6.45, 7) is 4.64. The molecule has 2 aromatic rings. The molecule has 0 radical (unpaired) electrons. The van der Waals surface area contributed by atoms with Gasteiger partial charge in [-0.05, 0) is 29.1 Å². The number of nitrogens with zero attached hydrogens (tertiary/aromatic N) is 2. The smallest absolute Gasteiger partial charge is 0.315 e. The van der Waals surface area contributed by atoms with Crippen molar-refractivity contribution in [3.05, 3.63) is 58.0 Å². The molecule has 1 aromatic carbocycles. The number of piperazine rings is 1. The SMILES string of the molecule is O=C(NCCN1CCN(C(=O)c2cccs2)CC1)NCc1ccc(F)cc1. The Labute approximate surface area is 162 Å². The minimum atomic E-state index is -0.291. The van der Waals surface area contributed by atoms with E-state index in [2.05, 4.69) is 15.5 Å². The monoisotopic (exact) mass is 390 g/mol. The van der Waals surface area contributed by atoms with Crippen molar-refractivity contribution >= 4 is 23.3 Å². The summed E-state index contributed by atoms with van der Waals surface area (Å²) in [5.74, 6) is -0.191. The first-order valence-electron chi connectivity index (χ1n) is 8.93. The fourth-order valence-corrected chi connectivity index (χ4v) is 3.60. The zero-order valence-corrected chi connectivity index (χ0v) is 15.8. The maximum Gasteiger partial charge on any atom is 0.315 e. The van der Waals surface area contributed by atoms with E-state index in [1.807, 2.05) is 22.4 Å². The van der Waals surface area contributed by atoms with Gasteiger partial charge in [-0.2, -0.15) is 0 Å². The van der Waals surface area contributed by atoms with Crippen LogP contribution in [0.2, 0.25) is 0 Å². The van der Waals surface area contributed by atoms with Gasteiger partial charge in [0.05, 0.1) is 4.88 Å². The van der Waals surface area contributed by atoms with E-state index in [0.717, 1.165) is 30.1 Å². The summed E-state index contributed by atoms with van der Waals surface area (Å²) in [6.07, 6.45) is 0. The third-order valence-corrected chi connectivity index (χ3v) is 5.33. The molecular weight excluding hydrogens is 367 g/mol. The molecular formula is C19H23FN4O2S. The van der Waals surface area contributed by atoms with Crippen molar-refractivity contribution in [1.29, 1.82) is 0 Å². The topological polar surface area (TPSA) is 64.7 Å². The summed E-state index contributed by atoms with van der Waals surface area (Å²) in [5.41, 5.74) is 0.845. The van der Waals surface area contributed by atoms with Gasteiger partial charge in [0.15, 0.2) is 0 Å². The van der Waals surface area contributed by atoms with Crippen LogP contribution in [0.25, 0.3) is 0 Å². The predicted octanol–water partition coefficient (Wildman–Crippen LogP) is 2.14. The molecule has 0 unspecified atom stereocenters. The van der Waals surface area contributed by atoms with Gasteiger partial charge < -0.3 is 15.5 Å². The van der Waals surface area contributed by atoms with Gasteiger partial charge >= 0.3 is 6.03 Å². The Bertz CT molecular complexity index is 744. The van der Waals surface area contributed by atoms with Crippen molar-refractivity contribution in [2.45, 2.75) is 6.54 Å². The fraction of sp³-hybridized carbons (Fsp3) is 0.368. The highest BCUT2D eigenvalue weighted by Crippen LogP contribution is 2.13. The third kappa shape index (κ3) is 5.77. The maximum atomic E-state index is 12.8. The standard InChI is InChI=1S/C19H23FN4O2S/c20-16-5-3-15(4-6-16)14-22-19(26)21-7-8-23-9-11-24(12-10-23)18(25)17-2-1-13-27-17/h1-6,13H,7-12,14H2,(H2,21,22,26). The second-order valence-corrected chi connectivity index (χ2v) is 7.29. The second kappa shape index (κ2) is 9.48. The Hall–Kier alpha value is -2.45. The fourth-order valence-electron chi connectivity index (χ4n) is 2.91. The highest BCUT2D eigenvalue weighted by Gasteiger charge is 2.22. The molecule has 6 nitrogen and oxygen atoms in total. The summed E-state index contributed by atoms with van der Waals surface area (Å²) in [4.78, 5) is 29.0. The molecule has 0 saturated carbocycles. The number of urea groups is 1. The first kappa shape index (κ1) is 19.3. The molecule has 1 aromatic heterocycles. The van der Waals surface area contributed by atoms with Crippen LogP contribution in [0, 0.1) is 5.82 Å². The molecule has 144 valence electrons. The van der Waals surface area contributed by atoms with Gasteiger partial charge in [0.25, 0.3) is 5.91 Å². The summed E-state index contributed by atoms with van der Waals surface area (Å²) < 4.78 is 12.8. The van der Waals surface area contributed by atoms with E-state index in [9.17, 15) is 14.0 Å². The molecule has 1 aliphatic heterocycles. The minimum absolute atomic E-state index is 0.0999. The van der Waals surface area contributed by atoms with Crippen LogP contribution >= 0.6 is 11.3 Å². The lowest BCUT2D eigenvalue weighted by Crippen LogP contribution is -2.50. The Balaban J connectivity index is 1.30. The van der Waals surface area contributed by atoms with Gasteiger partial charge in [0, 0.05) is 45.8 Å². The van der Waals surface area contributed by atoms with E-state index >= 15 is 0 Å². The summed E-state index contributed by atoms with van der Waals surface area (Å²) in [5, 5.41) is 7.49. The first-order chi connectivity index (χ1) is 13.1. The second-order valence-electron chi connectivity index (χ2n) is 6.35. The van der Waals surface area contributed by atoms with Crippen molar-refractivity contribution in [1.82, 2.24) is 20.4 Å². The van der Waals surface area contributed by atoms with E-state index in [1.54, 1.807) is 12.1 Å². The van der Waals surface area contributed by atoms with Gasteiger partial charge in [0.2, 0.25) is 0 Å². The zero-order valence-electron chi connectivity index (χ0n) is 15.0. The maximum absolute atomic E-state index is 12.8. The quantitative estimate of drug-likeness (QED) is 0.794. The van der Waals surface area contributed by atoms with Crippen LogP contribution in [-0.2, 0) is 6.54 Å². The lowest BCUT2D eigenvalue weighted by molar-refractivity contribution is 0.0644. The number of thiophene rings is 1. The molecule has 1 saturated heterocycles. The van der Waals surface area contributed by atoms with Crippen LogP contribution in [0.5, 0.6) is 0 Å². The Morgan fingerprint density at radius 1 is 1.04 bits per heavy atom. The van der Waals surface area contributed by atoms with Crippen LogP contribution in [0.4, 0.5) is 9.18 Å². The highest BCUT2D eigenvalue weighted by molar-refractivity contribution is 7.12. The van der Waals surface area contributed by atoms with Crippen molar-refractivity contribution in [2.75, 3.05) is 39.3 Å². The van der Waals surface area contributed by atoms with Gasteiger partial charge in [-0.1, -0.05) is 18.2 Å². The lowest BCUT2D eigenvalue weighted by atomic mass is 10.2. The van der Waals surface area contributed by atoms with Gasteiger partial charge in [0.1, 0.15) is 5.82 Å².